The molecule has 0 radical (unpaired) electrons. The fourth-order valence-corrected chi connectivity index (χ4v) is 3.57. The zero-order valence-electron chi connectivity index (χ0n) is 13.3. The predicted octanol–water partition coefficient (Wildman–Crippen LogP) is 1.73. The van der Waals surface area contributed by atoms with Crippen LogP contribution in [-0.2, 0) is 0 Å². The summed E-state index contributed by atoms with van der Waals surface area (Å²) in [6.07, 6.45) is 10.9. The predicted molar refractivity (Wildman–Crippen MR) is 86.9 cm³/mol. The molecule has 1 aromatic heterocycles. The molecule has 2 fully saturated rings. The van der Waals surface area contributed by atoms with Gasteiger partial charge in [-0.25, -0.2) is 4.98 Å². The zero-order chi connectivity index (χ0) is 14.5. The monoisotopic (exact) mass is 291 g/mol. The van der Waals surface area contributed by atoms with E-state index in [2.05, 4.69) is 37.9 Å². The first-order chi connectivity index (χ1) is 10.3. The number of anilines is 1. The number of aromatic nitrogens is 2. The van der Waals surface area contributed by atoms with E-state index in [1.54, 1.807) is 0 Å². The van der Waals surface area contributed by atoms with Crippen molar-refractivity contribution in [2.45, 2.75) is 38.1 Å². The van der Waals surface area contributed by atoms with Gasteiger partial charge in [0.05, 0.1) is 0 Å². The minimum absolute atomic E-state index is 0.665. The Labute approximate surface area is 128 Å². The number of hydrogen-bond acceptors (Lipinski definition) is 4. The normalized spacial score (nSPS) is 21.6. The highest BCUT2D eigenvalue weighted by atomic mass is 15.3. The summed E-state index contributed by atoms with van der Waals surface area (Å²) < 4.78 is 2.41. The molecule has 1 aliphatic carbocycles. The van der Waals surface area contributed by atoms with E-state index in [0.29, 0.717) is 6.04 Å². The summed E-state index contributed by atoms with van der Waals surface area (Å²) in [5, 5.41) is 3.41. The average molecular weight is 291 g/mol. The summed E-state index contributed by atoms with van der Waals surface area (Å²) in [6.45, 7) is 6.79. The van der Waals surface area contributed by atoms with Gasteiger partial charge in [0.25, 0.3) is 0 Å². The Balaban J connectivity index is 1.56. The maximum absolute atomic E-state index is 4.61. The molecule has 1 aliphatic heterocycles. The van der Waals surface area contributed by atoms with Crippen LogP contribution in [0.2, 0.25) is 0 Å². The quantitative estimate of drug-likeness (QED) is 0.896. The highest BCUT2D eigenvalue weighted by Crippen LogP contribution is 2.30. The van der Waals surface area contributed by atoms with E-state index in [1.165, 1.54) is 45.2 Å². The summed E-state index contributed by atoms with van der Waals surface area (Å²) in [5.74, 6) is 1.15. The van der Waals surface area contributed by atoms with Gasteiger partial charge in [-0.2, -0.15) is 0 Å². The SMILES string of the molecule is CN(CCN1CCNCC1)c1nccn1C1CCCCC1. The molecule has 21 heavy (non-hydrogen) atoms. The molecule has 1 saturated carbocycles. The molecule has 0 amide bonds. The van der Waals surface area contributed by atoms with E-state index in [4.69, 9.17) is 0 Å². The van der Waals surface area contributed by atoms with Crippen molar-refractivity contribution in [1.82, 2.24) is 19.8 Å². The molecule has 1 N–H and O–H groups in total. The van der Waals surface area contributed by atoms with Crippen molar-refractivity contribution in [3.05, 3.63) is 12.4 Å². The molecule has 1 saturated heterocycles. The lowest BCUT2D eigenvalue weighted by Crippen LogP contribution is -2.46. The molecule has 2 heterocycles. The molecule has 0 bridgehead atoms. The minimum atomic E-state index is 0.665. The maximum Gasteiger partial charge on any atom is 0.205 e. The number of nitrogens with zero attached hydrogens (tertiary/aromatic N) is 4. The zero-order valence-corrected chi connectivity index (χ0v) is 13.3. The van der Waals surface area contributed by atoms with Gasteiger partial charge >= 0.3 is 0 Å². The third-order valence-corrected chi connectivity index (χ3v) is 4.92. The van der Waals surface area contributed by atoms with Crippen molar-refractivity contribution in [1.29, 1.82) is 0 Å². The van der Waals surface area contributed by atoms with Crippen LogP contribution >= 0.6 is 0 Å². The Morgan fingerprint density at radius 3 is 2.76 bits per heavy atom. The van der Waals surface area contributed by atoms with Gasteiger partial charge in [0.2, 0.25) is 5.95 Å². The third-order valence-electron chi connectivity index (χ3n) is 4.92. The van der Waals surface area contributed by atoms with Crippen LogP contribution in [0.1, 0.15) is 38.1 Å². The van der Waals surface area contributed by atoms with Crippen LogP contribution in [-0.4, -0.2) is 60.8 Å². The fraction of sp³-hybridized carbons (Fsp3) is 0.812. The largest absolute Gasteiger partial charge is 0.344 e. The van der Waals surface area contributed by atoms with Gasteiger partial charge in [-0.15, -0.1) is 0 Å². The lowest BCUT2D eigenvalue weighted by atomic mass is 9.95. The fourth-order valence-electron chi connectivity index (χ4n) is 3.57. The summed E-state index contributed by atoms with van der Waals surface area (Å²) in [7, 11) is 2.18. The van der Waals surface area contributed by atoms with Crippen molar-refractivity contribution in [2.75, 3.05) is 51.2 Å². The number of rotatable bonds is 5. The Morgan fingerprint density at radius 2 is 2.00 bits per heavy atom. The van der Waals surface area contributed by atoms with E-state index in [0.717, 1.165) is 32.1 Å². The van der Waals surface area contributed by atoms with E-state index in [1.807, 2.05) is 6.20 Å². The molecular weight excluding hydrogens is 262 g/mol. The van der Waals surface area contributed by atoms with E-state index in [-0.39, 0.29) is 0 Å². The average Bonchev–Trinajstić information content (AvgIpc) is 3.04. The second kappa shape index (κ2) is 7.27. The van der Waals surface area contributed by atoms with Crippen molar-refractivity contribution >= 4 is 5.95 Å². The number of piperazine rings is 1. The van der Waals surface area contributed by atoms with Gasteiger partial charge in [0, 0.05) is 64.8 Å². The van der Waals surface area contributed by atoms with Gasteiger partial charge < -0.3 is 14.8 Å². The minimum Gasteiger partial charge on any atom is -0.344 e. The van der Waals surface area contributed by atoms with Crippen LogP contribution < -0.4 is 10.2 Å². The second-order valence-electron chi connectivity index (χ2n) is 6.44. The topological polar surface area (TPSA) is 36.3 Å². The molecule has 5 nitrogen and oxygen atoms in total. The van der Waals surface area contributed by atoms with Gasteiger partial charge in [0.15, 0.2) is 0 Å². The molecule has 3 rings (SSSR count). The van der Waals surface area contributed by atoms with Crippen molar-refractivity contribution in [3.63, 3.8) is 0 Å². The summed E-state index contributed by atoms with van der Waals surface area (Å²) in [5.41, 5.74) is 0. The highest BCUT2D eigenvalue weighted by molar-refractivity contribution is 5.30. The Bertz CT molecular complexity index is 418. The van der Waals surface area contributed by atoms with E-state index >= 15 is 0 Å². The molecule has 0 aromatic carbocycles. The lowest BCUT2D eigenvalue weighted by molar-refractivity contribution is 0.246. The molecule has 5 heteroatoms. The van der Waals surface area contributed by atoms with E-state index in [9.17, 15) is 0 Å². The number of nitrogens with one attached hydrogen (secondary N) is 1. The van der Waals surface area contributed by atoms with Crippen molar-refractivity contribution < 1.29 is 0 Å². The Hall–Kier alpha value is -1.07. The van der Waals surface area contributed by atoms with Crippen molar-refractivity contribution in [2.24, 2.45) is 0 Å². The number of hydrogen-bond donors (Lipinski definition) is 1. The van der Waals surface area contributed by atoms with Crippen LogP contribution in [0.3, 0.4) is 0 Å². The number of imidazole rings is 1. The first kappa shape index (κ1) is 14.9. The molecule has 1 aromatic rings. The lowest BCUT2D eigenvalue weighted by Gasteiger charge is -2.31. The van der Waals surface area contributed by atoms with Gasteiger partial charge in [0.1, 0.15) is 0 Å². The number of likely N-dealkylation sites (N-methyl/N-ethyl adjacent to an activating group) is 1. The van der Waals surface area contributed by atoms with Crippen LogP contribution in [0.5, 0.6) is 0 Å². The Kier molecular flexibility index (Phi) is 5.14. The smallest absolute Gasteiger partial charge is 0.205 e. The maximum atomic E-state index is 4.61. The molecular formula is C16H29N5. The van der Waals surface area contributed by atoms with Crippen LogP contribution in [0.15, 0.2) is 12.4 Å². The van der Waals surface area contributed by atoms with Gasteiger partial charge in [-0.05, 0) is 12.8 Å². The second-order valence-corrected chi connectivity index (χ2v) is 6.44. The standard InChI is InChI=1S/C16H29N5/c1-19(13-14-20-10-7-17-8-11-20)16-18-9-12-21(16)15-5-3-2-4-6-15/h9,12,15,17H,2-8,10-11,13-14H2,1H3. The summed E-state index contributed by atoms with van der Waals surface area (Å²) >= 11 is 0. The van der Waals surface area contributed by atoms with Crippen LogP contribution in [0.4, 0.5) is 5.95 Å². The molecule has 0 atom stereocenters. The molecule has 0 unspecified atom stereocenters. The molecule has 118 valence electrons. The van der Waals surface area contributed by atoms with Crippen LogP contribution in [0.25, 0.3) is 0 Å². The first-order valence-corrected chi connectivity index (χ1v) is 8.51. The molecule has 0 spiro atoms. The summed E-state index contributed by atoms with van der Waals surface area (Å²) in [6, 6.07) is 0.665. The molecule has 2 aliphatic rings. The first-order valence-electron chi connectivity index (χ1n) is 8.51. The highest BCUT2D eigenvalue weighted by Gasteiger charge is 2.20. The van der Waals surface area contributed by atoms with E-state index < -0.39 is 0 Å². The van der Waals surface area contributed by atoms with Gasteiger partial charge in [-0.1, -0.05) is 19.3 Å². The summed E-state index contributed by atoms with van der Waals surface area (Å²) in [4.78, 5) is 9.49. The third kappa shape index (κ3) is 3.77. The Morgan fingerprint density at radius 1 is 1.24 bits per heavy atom. The van der Waals surface area contributed by atoms with Crippen molar-refractivity contribution in [3.8, 4) is 0 Å². The van der Waals surface area contributed by atoms with Crippen LogP contribution in [0, 0.1) is 0 Å². The van der Waals surface area contributed by atoms with Gasteiger partial charge in [-0.3, -0.25) is 4.90 Å².